The smallest absolute Gasteiger partial charge is 0.417 e. The van der Waals surface area contributed by atoms with Gasteiger partial charge in [-0.2, -0.15) is 13.2 Å². The Labute approximate surface area is 242 Å². The Morgan fingerprint density at radius 1 is 1.05 bits per heavy atom. The van der Waals surface area contributed by atoms with Gasteiger partial charge in [0.2, 0.25) is 5.88 Å². The molecule has 0 bridgehead atoms. The van der Waals surface area contributed by atoms with Crippen molar-refractivity contribution in [2.24, 2.45) is 11.8 Å². The Balaban J connectivity index is 1.24. The summed E-state index contributed by atoms with van der Waals surface area (Å²) in [6.07, 6.45) is -2.18. The summed E-state index contributed by atoms with van der Waals surface area (Å²) in [7, 11) is 0. The Morgan fingerprint density at radius 2 is 1.72 bits per heavy atom. The highest BCUT2D eigenvalue weighted by Gasteiger charge is 2.60. The number of benzene rings is 2. The number of carboxylic acids is 1. The standard InChI is InChI=1S/C31H27F6NO5/c1-30(41)4-2-17(3-5-30)43-28-23(33)8-15(9-24(28)34)18-7-16(22(32)11-21(18)31(35,36)37)13-42-25-10-14-6-19-26(20(14)12-38-25)27(19)29(39)40/h7-12,17,19,26-27,41H,2-6,13H2,1H3,(H,39,40)/t17-,19-,26-,27+,30+/m1/s1. The number of pyridine rings is 1. The van der Waals surface area contributed by atoms with E-state index in [4.69, 9.17) is 9.47 Å². The average Bonchev–Trinajstić information content (AvgIpc) is 3.52. The van der Waals surface area contributed by atoms with Crippen LogP contribution in [0.15, 0.2) is 36.5 Å². The molecule has 3 atom stereocenters. The maximum Gasteiger partial charge on any atom is 0.417 e. The highest BCUT2D eigenvalue weighted by molar-refractivity contribution is 5.77. The summed E-state index contributed by atoms with van der Waals surface area (Å²) >= 11 is 0. The second-order valence-corrected chi connectivity index (χ2v) is 11.8. The van der Waals surface area contributed by atoms with E-state index in [9.17, 15) is 32.6 Å². The Morgan fingerprint density at radius 3 is 2.35 bits per heavy atom. The van der Waals surface area contributed by atoms with Gasteiger partial charge in [-0.15, -0.1) is 0 Å². The molecule has 3 aromatic rings. The van der Waals surface area contributed by atoms with Gasteiger partial charge in [0.15, 0.2) is 17.4 Å². The number of rotatable bonds is 7. The van der Waals surface area contributed by atoms with E-state index in [0.717, 1.165) is 17.2 Å². The van der Waals surface area contributed by atoms with Crippen LogP contribution in [0.25, 0.3) is 11.1 Å². The van der Waals surface area contributed by atoms with Crippen molar-refractivity contribution in [1.29, 1.82) is 0 Å². The molecule has 6 nitrogen and oxygen atoms in total. The Hall–Kier alpha value is -3.80. The fourth-order valence-corrected chi connectivity index (χ4v) is 6.36. The number of aliphatic hydroxyl groups is 1. The van der Waals surface area contributed by atoms with Crippen molar-refractivity contribution in [3.05, 3.63) is 76.2 Å². The Kier molecular flexibility index (Phi) is 7.10. The zero-order chi connectivity index (χ0) is 30.8. The maximum atomic E-state index is 15.1. The Bertz CT molecular complexity index is 1570. The van der Waals surface area contributed by atoms with Crippen molar-refractivity contribution < 1.29 is 50.8 Å². The van der Waals surface area contributed by atoms with Crippen LogP contribution in [-0.2, 0) is 24.0 Å². The molecule has 1 heterocycles. The van der Waals surface area contributed by atoms with E-state index in [0.29, 0.717) is 44.2 Å². The lowest BCUT2D eigenvalue weighted by Crippen LogP contribution is -2.35. The van der Waals surface area contributed by atoms with Crippen molar-refractivity contribution in [1.82, 2.24) is 4.98 Å². The van der Waals surface area contributed by atoms with Crippen molar-refractivity contribution in [3.63, 3.8) is 0 Å². The van der Waals surface area contributed by atoms with Crippen LogP contribution in [0.4, 0.5) is 26.3 Å². The minimum atomic E-state index is -5.03. The molecule has 0 spiro atoms. The molecule has 0 amide bonds. The molecular weight excluding hydrogens is 580 g/mol. The van der Waals surface area contributed by atoms with Crippen LogP contribution in [0, 0.1) is 29.3 Å². The van der Waals surface area contributed by atoms with E-state index in [-0.39, 0.29) is 29.3 Å². The van der Waals surface area contributed by atoms with Crippen LogP contribution in [0.2, 0.25) is 0 Å². The highest BCUT2D eigenvalue weighted by Crippen LogP contribution is 2.61. The maximum absolute atomic E-state index is 15.1. The number of carbonyl (C=O) groups is 1. The predicted molar refractivity (Wildman–Crippen MR) is 140 cm³/mol. The molecule has 2 saturated carbocycles. The van der Waals surface area contributed by atoms with Gasteiger partial charge in [-0.1, -0.05) is 0 Å². The van der Waals surface area contributed by atoms with Crippen LogP contribution < -0.4 is 9.47 Å². The largest absolute Gasteiger partial charge is 0.484 e. The second-order valence-electron chi connectivity index (χ2n) is 11.8. The second kappa shape index (κ2) is 10.4. The molecule has 2 aromatic carbocycles. The first-order valence-corrected chi connectivity index (χ1v) is 13.8. The quantitative estimate of drug-likeness (QED) is 0.287. The summed E-state index contributed by atoms with van der Waals surface area (Å²) < 4.78 is 97.8. The minimum Gasteiger partial charge on any atom is -0.484 e. The van der Waals surface area contributed by atoms with E-state index in [1.807, 2.05) is 0 Å². The van der Waals surface area contributed by atoms with E-state index in [1.165, 1.54) is 6.20 Å². The van der Waals surface area contributed by atoms with Gasteiger partial charge in [0.1, 0.15) is 12.4 Å². The first-order valence-electron chi connectivity index (χ1n) is 13.8. The third-order valence-electron chi connectivity index (χ3n) is 8.74. The van der Waals surface area contributed by atoms with Gasteiger partial charge in [-0.25, -0.2) is 18.2 Å². The summed E-state index contributed by atoms with van der Waals surface area (Å²) in [5.41, 5.74) is -2.08. The van der Waals surface area contributed by atoms with E-state index >= 15 is 8.78 Å². The van der Waals surface area contributed by atoms with E-state index in [1.54, 1.807) is 13.0 Å². The molecule has 0 radical (unpaired) electrons. The fourth-order valence-electron chi connectivity index (χ4n) is 6.36. The van der Waals surface area contributed by atoms with Crippen molar-refractivity contribution in [3.8, 4) is 22.8 Å². The van der Waals surface area contributed by atoms with Gasteiger partial charge in [0, 0.05) is 23.7 Å². The summed E-state index contributed by atoms with van der Waals surface area (Å²) in [5.74, 6) is -5.74. The van der Waals surface area contributed by atoms with Gasteiger partial charge >= 0.3 is 12.1 Å². The van der Waals surface area contributed by atoms with Crippen LogP contribution in [0.5, 0.6) is 11.6 Å². The molecule has 2 fully saturated rings. The molecule has 3 aliphatic rings. The zero-order valence-electron chi connectivity index (χ0n) is 22.9. The summed E-state index contributed by atoms with van der Waals surface area (Å²) in [4.78, 5) is 15.5. The monoisotopic (exact) mass is 607 g/mol. The number of aromatic nitrogens is 1. The molecule has 0 aliphatic heterocycles. The molecule has 0 saturated heterocycles. The number of halogens is 6. The van der Waals surface area contributed by atoms with Crippen molar-refractivity contribution >= 4 is 5.97 Å². The third-order valence-corrected chi connectivity index (χ3v) is 8.74. The number of alkyl halides is 3. The molecule has 2 N–H and O–H groups in total. The minimum absolute atomic E-state index is 0.0175. The van der Waals surface area contributed by atoms with Gasteiger partial charge in [-0.05, 0) is 91.5 Å². The van der Waals surface area contributed by atoms with Crippen molar-refractivity contribution in [2.75, 3.05) is 0 Å². The molecular formula is C31H27F6NO5. The molecule has 1 aromatic heterocycles. The van der Waals surface area contributed by atoms with Crippen LogP contribution in [0.3, 0.4) is 0 Å². The lowest BCUT2D eigenvalue weighted by atomic mass is 9.85. The number of nitrogens with zero attached hydrogens (tertiary/aromatic N) is 1. The van der Waals surface area contributed by atoms with Gasteiger partial charge in [-0.3, -0.25) is 4.79 Å². The lowest BCUT2D eigenvalue weighted by Gasteiger charge is -2.33. The van der Waals surface area contributed by atoms with Gasteiger partial charge in [0.25, 0.3) is 0 Å². The molecule has 6 rings (SSSR count). The highest BCUT2D eigenvalue weighted by atomic mass is 19.4. The zero-order valence-corrected chi connectivity index (χ0v) is 22.9. The van der Waals surface area contributed by atoms with Crippen LogP contribution >= 0.6 is 0 Å². The third kappa shape index (κ3) is 5.64. The first kappa shape index (κ1) is 29.3. The fraction of sp³-hybridized carbons (Fsp3) is 0.419. The van der Waals surface area contributed by atoms with Crippen molar-refractivity contribution in [2.45, 2.75) is 69.4 Å². The predicted octanol–water partition coefficient (Wildman–Crippen LogP) is 6.81. The lowest BCUT2D eigenvalue weighted by molar-refractivity contribution is -0.139. The number of fused-ring (bicyclic) bond motifs is 3. The molecule has 228 valence electrons. The summed E-state index contributed by atoms with van der Waals surface area (Å²) in [6.45, 7) is 1.13. The molecule has 0 unspecified atom stereocenters. The SMILES string of the molecule is C[C@]1(O)CC[C@@H](Oc2c(F)cc(-c3cc(COc4cc5c(cn4)[C@H]4[C@@H](C5)[C@@H]4C(=O)O)c(F)cc3C(F)(F)F)cc2F)CC1. The van der Waals surface area contributed by atoms with E-state index in [2.05, 4.69) is 4.98 Å². The number of hydrogen-bond donors (Lipinski definition) is 2. The number of carboxylic acid groups (broad SMARTS) is 1. The average molecular weight is 608 g/mol. The molecule has 43 heavy (non-hydrogen) atoms. The number of aliphatic carboxylic acids is 1. The molecule has 12 heteroatoms. The number of hydrogen-bond acceptors (Lipinski definition) is 5. The summed E-state index contributed by atoms with van der Waals surface area (Å²) in [5, 5.41) is 19.4. The van der Waals surface area contributed by atoms with Gasteiger partial charge in [0.05, 0.1) is 23.2 Å². The molecule has 3 aliphatic carbocycles. The first-order chi connectivity index (χ1) is 20.2. The summed E-state index contributed by atoms with van der Waals surface area (Å²) in [6, 6.07) is 4.12. The normalized spacial score (nSPS) is 26.0. The van der Waals surface area contributed by atoms with Crippen LogP contribution in [0.1, 0.15) is 60.8 Å². The number of ether oxygens (including phenoxy) is 2. The van der Waals surface area contributed by atoms with E-state index < -0.39 is 76.3 Å². The topological polar surface area (TPSA) is 88.9 Å². The van der Waals surface area contributed by atoms with Gasteiger partial charge < -0.3 is 19.7 Å². The van der Waals surface area contributed by atoms with Crippen LogP contribution in [-0.4, -0.2) is 32.9 Å².